The third-order valence-electron chi connectivity index (χ3n) is 2.79. The molecule has 100 valence electrons. The zero-order chi connectivity index (χ0) is 14.0. The van der Waals surface area contributed by atoms with Crippen molar-refractivity contribution in [3.8, 4) is 11.4 Å². The van der Waals surface area contributed by atoms with Crippen molar-refractivity contribution in [3.05, 3.63) is 29.8 Å². The van der Waals surface area contributed by atoms with Crippen LogP contribution in [0.1, 0.15) is 12.5 Å². The maximum Gasteiger partial charge on any atom is 0.230 e. The van der Waals surface area contributed by atoms with Crippen molar-refractivity contribution in [1.82, 2.24) is 14.8 Å². The van der Waals surface area contributed by atoms with Gasteiger partial charge in [0.25, 0.3) is 0 Å². The van der Waals surface area contributed by atoms with E-state index in [0.717, 1.165) is 11.4 Å². The quantitative estimate of drug-likeness (QED) is 0.863. The van der Waals surface area contributed by atoms with E-state index in [-0.39, 0.29) is 11.2 Å². The van der Waals surface area contributed by atoms with Crippen LogP contribution in [0.25, 0.3) is 11.4 Å². The molecular weight excluding hydrogens is 260 g/mol. The average molecular weight is 276 g/mol. The maximum atomic E-state index is 11.1. The van der Waals surface area contributed by atoms with Gasteiger partial charge in [0, 0.05) is 12.6 Å². The number of benzene rings is 1. The summed E-state index contributed by atoms with van der Waals surface area (Å²) in [4.78, 5) is 11.1. The molecule has 0 aliphatic rings. The number of thioether (sulfide) groups is 1. The summed E-state index contributed by atoms with van der Waals surface area (Å²) in [5.74, 6) is 0.424. The van der Waals surface area contributed by atoms with Gasteiger partial charge in [-0.1, -0.05) is 35.5 Å². The highest BCUT2D eigenvalue weighted by molar-refractivity contribution is 8.00. The number of hydrogen-bond acceptors (Lipinski definition) is 4. The number of rotatable bonds is 4. The Morgan fingerprint density at radius 2 is 2.16 bits per heavy atom. The van der Waals surface area contributed by atoms with Crippen LogP contribution < -0.4 is 5.73 Å². The summed E-state index contributed by atoms with van der Waals surface area (Å²) in [6, 6.07) is 8.06. The minimum absolute atomic E-state index is 0.326. The summed E-state index contributed by atoms with van der Waals surface area (Å²) in [6.45, 7) is 3.79. The Hall–Kier alpha value is -1.82. The van der Waals surface area contributed by atoms with E-state index in [4.69, 9.17) is 5.73 Å². The highest BCUT2D eigenvalue weighted by Crippen LogP contribution is 2.25. The third kappa shape index (κ3) is 2.96. The second-order valence-corrected chi connectivity index (χ2v) is 5.71. The molecule has 0 fully saturated rings. The first kappa shape index (κ1) is 13.6. The van der Waals surface area contributed by atoms with E-state index in [9.17, 15) is 4.79 Å². The number of aromatic nitrogens is 3. The van der Waals surface area contributed by atoms with Gasteiger partial charge in [-0.15, -0.1) is 10.2 Å². The minimum atomic E-state index is -0.356. The molecule has 5 nitrogen and oxygen atoms in total. The Morgan fingerprint density at radius 3 is 2.79 bits per heavy atom. The van der Waals surface area contributed by atoms with E-state index >= 15 is 0 Å². The summed E-state index contributed by atoms with van der Waals surface area (Å²) >= 11 is 1.31. The van der Waals surface area contributed by atoms with E-state index in [1.807, 2.05) is 36.7 Å². The zero-order valence-corrected chi connectivity index (χ0v) is 11.9. The van der Waals surface area contributed by atoms with Crippen molar-refractivity contribution < 1.29 is 4.79 Å². The Labute approximate surface area is 116 Å². The third-order valence-corrected chi connectivity index (χ3v) is 3.95. The van der Waals surface area contributed by atoms with Crippen LogP contribution in [0.5, 0.6) is 0 Å². The molecule has 1 amide bonds. The molecule has 2 aromatic rings. The number of nitrogens with zero attached hydrogens (tertiary/aromatic N) is 3. The Kier molecular flexibility index (Phi) is 3.90. The normalized spacial score (nSPS) is 12.4. The van der Waals surface area contributed by atoms with Crippen LogP contribution in [0.15, 0.2) is 29.4 Å². The number of carbonyl (C=O) groups excluding carboxylic acids is 1. The molecule has 19 heavy (non-hydrogen) atoms. The summed E-state index contributed by atoms with van der Waals surface area (Å²) < 4.78 is 1.87. The van der Waals surface area contributed by atoms with Crippen LogP contribution in [-0.4, -0.2) is 25.9 Å². The van der Waals surface area contributed by atoms with Crippen LogP contribution in [0.3, 0.4) is 0 Å². The molecule has 0 aliphatic heterocycles. The lowest BCUT2D eigenvalue weighted by atomic mass is 10.1. The van der Waals surface area contributed by atoms with Gasteiger partial charge in [-0.3, -0.25) is 4.79 Å². The summed E-state index contributed by atoms with van der Waals surface area (Å²) in [6.07, 6.45) is 0. The fourth-order valence-corrected chi connectivity index (χ4v) is 2.43. The lowest BCUT2D eigenvalue weighted by Gasteiger charge is -2.07. The monoisotopic (exact) mass is 276 g/mol. The van der Waals surface area contributed by atoms with Gasteiger partial charge in [0.15, 0.2) is 11.0 Å². The Morgan fingerprint density at radius 1 is 1.42 bits per heavy atom. The molecule has 2 N–H and O–H groups in total. The van der Waals surface area contributed by atoms with E-state index < -0.39 is 0 Å². The molecule has 0 spiro atoms. The first-order valence-electron chi connectivity index (χ1n) is 5.91. The zero-order valence-electron chi connectivity index (χ0n) is 11.1. The number of carbonyl (C=O) groups is 1. The highest BCUT2D eigenvalue weighted by Gasteiger charge is 2.17. The Bertz CT molecular complexity index is 608. The van der Waals surface area contributed by atoms with Gasteiger partial charge < -0.3 is 10.3 Å². The Balaban J connectivity index is 2.30. The van der Waals surface area contributed by atoms with Crippen LogP contribution in [0.4, 0.5) is 0 Å². The summed E-state index contributed by atoms with van der Waals surface area (Å²) in [5, 5.41) is 8.65. The highest BCUT2D eigenvalue weighted by atomic mass is 32.2. The van der Waals surface area contributed by atoms with Gasteiger partial charge in [0.05, 0.1) is 5.25 Å². The molecule has 1 heterocycles. The van der Waals surface area contributed by atoms with Gasteiger partial charge in [0.2, 0.25) is 5.91 Å². The van der Waals surface area contributed by atoms with E-state index in [1.54, 1.807) is 6.92 Å². The van der Waals surface area contributed by atoms with Gasteiger partial charge in [-0.05, 0) is 19.9 Å². The molecule has 0 saturated heterocycles. The molecule has 0 radical (unpaired) electrons. The number of hydrogen-bond donors (Lipinski definition) is 1. The number of nitrogens with two attached hydrogens (primary N) is 1. The second-order valence-electron chi connectivity index (χ2n) is 4.40. The molecule has 1 atom stereocenters. The fourth-order valence-electron chi connectivity index (χ4n) is 1.67. The predicted molar refractivity (Wildman–Crippen MR) is 75.7 cm³/mol. The van der Waals surface area contributed by atoms with E-state index in [0.29, 0.717) is 5.16 Å². The predicted octanol–water partition coefficient (Wildman–Crippen LogP) is 1.76. The molecule has 0 aliphatic carbocycles. The van der Waals surface area contributed by atoms with Crippen molar-refractivity contribution in [2.45, 2.75) is 24.3 Å². The molecular formula is C13H16N4OS. The minimum Gasteiger partial charge on any atom is -0.369 e. The molecule has 0 saturated carbocycles. The van der Waals surface area contributed by atoms with Crippen LogP contribution in [0.2, 0.25) is 0 Å². The van der Waals surface area contributed by atoms with Crippen LogP contribution >= 0.6 is 11.8 Å². The van der Waals surface area contributed by atoms with Crippen LogP contribution in [-0.2, 0) is 11.8 Å². The SMILES string of the molecule is Cc1cccc(-c2nnc(S[C@@H](C)C(N)=O)n2C)c1. The first-order valence-corrected chi connectivity index (χ1v) is 6.79. The van der Waals surface area contributed by atoms with Crippen molar-refractivity contribution in [1.29, 1.82) is 0 Å². The van der Waals surface area contributed by atoms with Crippen molar-refractivity contribution >= 4 is 17.7 Å². The van der Waals surface area contributed by atoms with Gasteiger partial charge in [0.1, 0.15) is 0 Å². The molecule has 6 heteroatoms. The average Bonchev–Trinajstić information content (AvgIpc) is 2.71. The number of amides is 1. The van der Waals surface area contributed by atoms with E-state index in [2.05, 4.69) is 16.3 Å². The van der Waals surface area contributed by atoms with E-state index in [1.165, 1.54) is 17.3 Å². The van der Waals surface area contributed by atoms with Crippen LogP contribution in [0, 0.1) is 6.92 Å². The first-order chi connectivity index (χ1) is 8.99. The molecule has 2 rings (SSSR count). The lowest BCUT2D eigenvalue weighted by molar-refractivity contribution is -0.117. The fraction of sp³-hybridized carbons (Fsp3) is 0.308. The topological polar surface area (TPSA) is 73.8 Å². The smallest absolute Gasteiger partial charge is 0.230 e. The maximum absolute atomic E-state index is 11.1. The molecule has 0 unspecified atom stereocenters. The second kappa shape index (κ2) is 5.44. The summed E-state index contributed by atoms with van der Waals surface area (Å²) in [7, 11) is 1.88. The molecule has 1 aromatic carbocycles. The number of primary amides is 1. The van der Waals surface area contributed by atoms with Crippen molar-refractivity contribution in [2.75, 3.05) is 0 Å². The van der Waals surface area contributed by atoms with Gasteiger partial charge in [-0.2, -0.15) is 0 Å². The standard InChI is InChI=1S/C13H16N4OS/c1-8-5-4-6-10(7-8)12-15-16-13(17(12)3)19-9(2)11(14)18/h4-7,9H,1-3H3,(H2,14,18)/t9-/m0/s1. The molecule has 1 aromatic heterocycles. The van der Waals surface area contributed by atoms with Crippen molar-refractivity contribution in [2.24, 2.45) is 12.8 Å². The molecule has 0 bridgehead atoms. The van der Waals surface area contributed by atoms with Gasteiger partial charge >= 0.3 is 0 Å². The number of aryl methyl sites for hydroxylation is 1. The van der Waals surface area contributed by atoms with Crippen molar-refractivity contribution in [3.63, 3.8) is 0 Å². The lowest BCUT2D eigenvalue weighted by Crippen LogP contribution is -2.22. The largest absolute Gasteiger partial charge is 0.369 e. The van der Waals surface area contributed by atoms with Gasteiger partial charge in [-0.25, -0.2) is 0 Å². The summed E-state index contributed by atoms with van der Waals surface area (Å²) in [5.41, 5.74) is 7.43.